The van der Waals surface area contributed by atoms with Gasteiger partial charge in [0.25, 0.3) is 12.4 Å². The average molecular weight is 948 g/mol. The van der Waals surface area contributed by atoms with Crippen molar-refractivity contribution < 1.29 is 33.4 Å². The molecule has 1 aliphatic heterocycles. The molecule has 16 heteroatoms. The number of aldehydes is 2. The summed E-state index contributed by atoms with van der Waals surface area (Å²) in [5.74, 6) is 1.06. The van der Waals surface area contributed by atoms with Gasteiger partial charge in [0.1, 0.15) is 18.1 Å². The predicted octanol–water partition coefficient (Wildman–Crippen LogP) is 7.23. The molecule has 0 spiro atoms. The molecule has 3 atom stereocenters. The molecule has 6 rings (SSSR count). The van der Waals surface area contributed by atoms with Crippen molar-refractivity contribution in [3.8, 4) is 22.4 Å². The Bertz CT molecular complexity index is 2490. The summed E-state index contributed by atoms with van der Waals surface area (Å²) in [4.78, 5) is 68.7. The van der Waals surface area contributed by atoms with Gasteiger partial charge in [-0.15, -0.1) is 0 Å². The number of benzene rings is 2. The van der Waals surface area contributed by atoms with Crippen LogP contribution in [0.5, 0.6) is 0 Å². The van der Waals surface area contributed by atoms with Crippen LogP contribution < -0.4 is 16.1 Å². The number of methoxy groups -OCH3 is 1. The van der Waals surface area contributed by atoms with Crippen molar-refractivity contribution in [3.05, 3.63) is 102 Å². The number of nitrogens with one attached hydrogen (secondary N) is 3. The number of amides is 2. The second-order valence-corrected chi connectivity index (χ2v) is 18.4. The van der Waals surface area contributed by atoms with E-state index in [2.05, 4.69) is 89.4 Å². The monoisotopic (exact) mass is 948 g/mol. The maximum absolute atomic E-state index is 14.0. The zero-order chi connectivity index (χ0) is 50.8. The minimum Gasteiger partial charge on any atom is -0.467 e. The number of hydrazine groups is 1. The van der Waals surface area contributed by atoms with Crippen molar-refractivity contribution in [2.45, 2.75) is 92.0 Å². The second kappa shape index (κ2) is 26.3. The molecule has 0 bridgehead atoms. The number of hydrogen-bond acceptors (Lipinski definition) is 12. The van der Waals surface area contributed by atoms with E-state index in [1.54, 1.807) is 43.2 Å². The largest absolute Gasteiger partial charge is 0.467 e. The number of hydrogen-bond donors (Lipinski definition) is 3. The Morgan fingerprint density at radius 2 is 1.74 bits per heavy atom. The highest BCUT2D eigenvalue weighted by Gasteiger charge is 2.33. The number of nitrogens with zero attached hydrogens (tertiary/aromatic N) is 6. The Morgan fingerprint density at radius 3 is 2.30 bits per heavy atom. The molecule has 4 heterocycles. The Morgan fingerprint density at radius 1 is 1.01 bits per heavy atom. The molecular weight excluding hydrogens is 875 g/mol. The van der Waals surface area contributed by atoms with Crippen LogP contribution in [0.25, 0.3) is 33.3 Å². The summed E-state index contributed by atoms with van der Waals surface area (Å²) in [5, 5.41) is 8.81. The number of aromatic nitrogens is 4. The zero-order valence-electron chi connectivity index (χ0n) is 42.4. The normalized spacial score (nSPS) is 13.8. The van der Waals surface area contributed by atoms with Crippen molar-refractivity contribution in [1.82, 2.24) is 39.8 Å². The lowest BCUT2D eigenvalue weighted by molar-refractivity contribution is -0.141. The van der Waals surface area contributed by atoms with Crippen molar-refractivity contribution in [1.29, 1.82) is 0 Å². The van der Waals surface area contributed by atoms with E-state index in [9.17, 15) is 19.2 Å². The van der Waals surface area contributed by atoms with Crippen LogP contribution >= 0.6 is 0 Å². The second-order valence-electron chi connectivity index (χ2n) is 18.4. The number of rotatable bonds is 20. The zero-order valence-corrected chi connectivity index (χ0v) is 42.4. The van der Waals surface area contributed by atoms with Crippen LogP contribution in [0, 0.1) is 11.3 Å². The molecule has 1 aliphatic rings. The molecule has 372 valence electrons. The van der Waals surface area contributed by atoms with Gasteiger partial charge in [0, 0.05) is 75.3 Å². The third kappa shape index (κ3) is 14.3. The first-order chi connectivity index (χ1) is 33.0. The minimum absolute atomic E-state index is 0.0707. The molecule has 3 unspecified atom stereocenters. The third-order valence-corrected chi connectivity index (χ3v) is 12.1. The molecule has 0 aliphatic carbocycles. The Balaban J connectivity index is 0.000000638. The highest BCUT2D eigenvalue weighted by atomic mass is 16.5. The molecular formula is C53H73N9O7. The molecule has 1 fully saturated rings. The molecule has 5 aromatic rings. The lowest BCUT2D eigenvalue weighted by Gasteiger charge is -2.33. The summed E-state index contributed by atoms with van der Waals surface area (Å²) in [6.45, 7) is 18.4. The number of anilines is 1. The van der Waals surface area contributed by atoms with E-state index in [1.807, 2.05) is 58.0 Å². The van der Waals surface area contributed by atoms with Crippen molar-refractivity contribution in [2.24, 2.45) is 18.4 Å². The van der Waals surface area contributed by atoms with Crippen LogP contribution in [0.15, 0.2) is 79.6 Å². The first-order valence-electron chi connectivity index (χ1n) is 23.5. The molecule has 2 amide bonds. The quantitative estimate of drug-likeness (QED) is 0.0527. The summed E-state index contributed by atoms with van der Waals surface area (Å²) < 4.78 is 15.1. The summed E-state index contributed by atoms with van der Waals surface area (Å²) in [7, 11) is 9.05. The maximum atomic E-state index is 14.0. The summed E-state index contributed by atoms with van der Waals surface area (Å²) in [6, 6.07) is 17.8. The molecule has 3 aromatic heterocycles. The first kappa shape index (κ1) is 55.1. The number of carbonyl (C=O) groups is 5. The van der Waals surface area contributed by atoms with E-state index in [0.717, 1.165) is 88.1 Å². The average Bonchev–Trinajstić information content (AvgIpc) is 3.87. The summed E-state index contributed by atoms with van der Waals surface area (Å²) in [5.41, 5.74) is 11.1. The number of pyridine rings is 1. The molecule has 69 heavy (non-hydrogen) atoms. The van der Waals surface area contributed by atoms with Gasteiger partial charge in [-0.1, -0.05) is 64.6 Å². The van der Waals surface area contributed by atoms with E-state index in [4.69, 9.17) is 19.3 Å². The Kier molecular flexibility index (Phi) is 21.0. The number of fused-ring (bicyclic) bond motifs is 1. The van der Waals surface area contributed by atoms with E-state index in [1.165, 1.54) is 6.08 Å². The van der Waals surface area contributed by atoms with Gasteiger partial charge >= 0.3 is 0 Å². The highest BCUT2D eigenvalue weighted by Crippen LogP contribution is 2.41. The fourth-order valence-corrected chi connectivity index (χ4v) is 8.80. The van der Waals surface area contributed by atoms with Gasteiger partial charge in [-0.3, -0.25) is 38.9 Å². The lowest BCUT2D eigenvalue weighted by atomic mass is 9.84. The Labute approximate surface area is 407 Å². The van der Waals surface area contributed by atoms with Crippen LogP contribution in [0.4, 0.5) is 5.82 Å². The Hall–Kier alpha value is -6.49. The number of imidazole rings is 1. The van der Waals surface area contributed by atoms with Crippen LogP contribution in [0.2, 0.25) is 0 Å². The fraction of sp³-hybridized carbons (Fsp3) is 0.453. The first-order valence-corrected chi connectivity index (χ1v) is 23.5. The summed E-state index contributed by atoms with van der Waals surface area (Å²) >= 11 is 0. The van der Waals surface area contributed by atoms with E-state index in [-0.39, 0.29) is 41.9 Å². The SMILES string of the molecule is C=CC=O.CCn1c(-c2cccnc2C(C)OC)c(CC(C)(C)COC=O)c2cc(-c3cccc(CC(NC(=O)C(C(C)C)N(C)C)C(=O)N4CCCCN4)c3)ccc21.CNc1cnc(C=O)n1C. The van der Waals surface area contributed by atoms with E-state index in [0.29, 0.717) is 38.0 Å². The van der Waals surface area contributed by atoms with Gasteiger partial charge in [0.15, 0.2) is 12.1 Å². The van der Waals surface area contributed by atoms with E-state index < -0.39 is 6.04 Å². The lowest BCUT2D eigenvalue weighted by Crippen LogP contribution is -2.58. The number of allylic oxidation sites excluding steroid dienone is 1. The van der Waals surface area contributed by atoms with Crippen molar-refractivity contribution >= 4 is 47.6 Å². The number of carbonyl (C=O) groups excluding carboxylic acids is 5. The van der Waals surface area contributed by atoms with Gasteiger partial charge in [-0.25, -0.2) is 10.4 Å². The standard InChI is InChI=1S/C44H60N6O5.C6H9N3O.C3H4O/c1-10-49-38-19-18-33(25-35(38)36(26-44(5,6)27-55-28-51)41(49)34-17-14-20-45-39(34)30(4)54-9)32-16-13-15-31(23-32)24-37(43(53)50-22-12-11-21-46-50)47-42(52)40(29(2)3)48(7)8;1-7-5-3-8-6(4-10)9(5)2;1-2-3-4/h13-20,23,25,28-30,37,40,46H,10-12,21-22,24,26-27H2,1-9H3,(H,47,52);3-4,7H,1-2H3;2-3H,1H2. The predicted molar refractivity (Wildman–Crippen MR) is 273 cm³/mol. The topological polar surface area (TPSA) is 182 Å². The van der Waals surface area contributed by atoms with Crippen LogP contribution in [0.1, 0.15) is 87.9 Å². The van der Waals surface area contributed by atoms with Crippen LogP contribution in [0.3, 0.4) is 0 Å². The smallest absolute Gasteiger partial charge is 0.293 e. The maximum Gasteiger partial charge on any atom is 0.293 e. The minimum atomic E-state index is -0.733. The highest BCUT2D eigenvalue weighted by molar-refractivity contribution is 5.95. The number of aryl methyl sites for hydroxylation is 1. The van der Waals surface area contributed by atoms with Crippen molar-refractivity contribution in [3.63, 3.8) is 0 Å². The van der Waals surface area contributed by atoms with E-state index >= 15 is 0 Å². The molecule has 1 saturated heterocycles. The molecule has 3 N–H and O–H groups in total. The number of likely N-dealkylation sites (N-methyl/N-ethyl adjacent to an activating group) is 1. The molecule has 16 nitrogen and oxygen atoms in total. The van der Waals surface area contributed by atoms with Gasteiger partial charge in [-0.2, -0.15) is 0 Å². The molecule has 0 radical (unpaired) electrons. The summed E-state index contributed by atoms with van der Waals surface area (Å²) in [6.07, 6.45) is 8.68. The third-order valence-electron chi connectivity index (χ3n) is 12.1. The number of ether oxygens (including phenoxy) is 2. The van der Waals surface area contributed by atoms with Crippen molar-refractivity contribution in [2.75, 3.05) is 53.3 Å². The molecule has 2 aromatic carbocycles. The molecule has 0 saturated carbocycles. The van der Waals surface area contributed by atoms with Gasteiger partial charge in [0.2, 0.25) is 5.91 Å². The fourth-order valence-electron chi connectivity index (χ4n) is 8.80. The van der Waals surface area contributed by atoms with Gasteiger partial charge in [-0.05, 0) is 106 Å². The van der Waals surface area contributed by atoms with Gasteiger partial charge < -0.3 is 29.2 Å². The van der Waals surface area contributed by atoms with Crippen LogP contribution in [-0.2, 0) is 55.1 Å². The van der Waals surface area contributed by atoms with Crippen LogP contribution in [-0.4, -0.2) is 120 Å². The van der Waals surface area contributed by atoms with Gasteiger partial charge in [0.05, 0.1) is 36.3 Å².